The third-order valence-corrected chi connectivity index (χ3v) is 7.96. The summed E-state index contributed by atoms with van der Waals surface area (Å²) in [4.78, 5) is 16.5. The predicted octanol–water partition coefficient (Wildman–Crippen LogP) is 4.24. The number of aromatic nitrogens is 2. The van der Waals surface area contributed by atoms with E-state index in [1.165, 1.54) is 0 Å². The molecule has 1 aliphatic rings. The smallest absolute Gasteiger partial charge is 0.304 e. The molecule has 2 unspecified atom stereocenters. The number of hydrogen-bond acceptors (Lipinski definition) is 3. The lowest BCUT2D eigenvalue weighted by molar-refractivity contribution is -0.137. The van der Waals surface area contributed by atoms with Gasteiger partial charge in [0.1, 0.15) is 0 Å². The van der Waals surface area contributed by atoms with E-state index in [4.69, 9.17) is 11.6 Å². The van der Waals surface area contributed by atoms with E-state index < -0.39 is 21.5 Å². The minimum absolute atomic E-state index is 0.130. The van der Waals surface area contributed by atoms with Crippen molar-refractivity contribution in [2.24, 2.45) is 0 Å². The van der Waals surface area contributed by atoms with E-state index >= 15 is 0 Å². The lowest BCUT2D eigenvalue weighted by atomic mass is 10.3. The van der Waals surface area contributed by atoms with Crippen molar-refractivity contribution in [2.75, 3.05) is 0 Å². The maximum Gasteiger partial charge on any atom is 0.304 e. The van der Waals surface area contributed by atoms with Crippen molar-refractivity contribution in [3.8, 4) is 0 Å². The molecule has 0 radical (unpaired) electrons. The molecule has 1 aliphatic heterocycles. The number of nitrogens with zero attached hydrogens (tertiary/aromatic N) is 2. The van der Waals surface area contributed by atoms with E-state index in [0.717, 1.165) is 11.0 Å². The molecule has 2 aromatic carbocycles. The van der Waals surface area contributed by atoms with Crippen LogP contribution in [-0.4, -0.2) is 30.4 Å². The van der Waals surface area contributed by atoms with Gasteiger partial charge in [-0.25, -0.2) is 4.98 Å². The van der Waals surface area contributed by atoms with Crippen LogP contribution in [-0.2, 0) is 11.3 Å². The topological polar surface area (TPSA) is 75.3 Å². The van der Waals surface area contributed by atoms with Crippen LogP contribution in [0.15, 0.2) is 58.6 Å². The highest BCUT2D eigenvalue weighted by molar-refractivity contribution is 8.29. The first-order valence-corrected chi connectivity index (χ1v) is 9.51. The molecule has 3 aromatic rings. The molecule has 124 valence electrons. The number of carbonyl (C=O) groups is 1. The number of rotatable bonds is 3. The summed E-state index contributed by atoms with van der Waals surface area (Å²) < 4.78 is 13.6. The Hall–Kier alpha value is -2.02. The normalized spacial score (nSPS) is 25.3. The van der Waals surface area contributed by atoms with Crippen molar-refractivity contribution in [3.05, 3.63) is 53.6 Å². The number of halogens is 1. The Morgan fingerprint density at radius 2 is 1.96 bits per heavy atom. The van der Waals surface area contributed by atoms with Crippen LogP contribution in [0.2, 0.25) is 5.02 Å². The Labute approximate surface area is 145 Å². The minimum atomic E-state index is -2.63. The zero-order valence-electron chi connectivity index (χ0n) is 12.6. The monoisotopic (exact) mass is 362 g/mol. The first kappa shape index (κ1) is 15.5. The molecular weight excluding hydrogens is 348 g/mol. The fourth-order valence-corrected chi connectivity index (χ4v) is 6.77. The average molecular weight is 363 g/mol. The van der Waals surface area contributed by atoms with Crippen LogP contribution in [0.4, 0.5) is 0 Å². The third-order valence-electron chi connectivity index (χ3n) is 4.34. The molecule has 0 saturated heterocycles. The van der Waals surface area contributed by atoms with Crippen molar-refractivity contribution in [1.29, 1.82) is 0 Å². The summed E-state index contributed by atoms with van der Waals surface area (Å²) >= 11 is 6.34. The molecule has 24 heavy (non-hydrogen) atoms. The molecule has 7 heteroatoms. The Bertz CT molecular complexity index is 958. The van der Waals surface area contributed by atoms with Crippen LogP contribution in [0, 0.1) is 0 Å². The van der Waals surface area contributed by atoms with Gasteiger partial charge in [0.2, 0.25) is 0 Å². The molecule has 0 amide bonds. The number of fused-ring (bicyclic) bond motifs is 3. The van der Waals surface area contributed by atoms with Crippen LogP contribution in [0.1, 0.15) is 6.42 Å². The maximum absolute atomic E-state index is 11.7. The van der Waals surface area contributed by atoms with Gasteiger partial charge in [0.15, 0.2) is 5.16 Å². The zero-order chi connectivity index (χ0) is 16.9. The molecule has 0 spiro atoms. The van der Waals surface area contributed by atoms with Gasteiger partial charge >= 0.3 is 5.97 Å². The van der Waals surface area contributed by atoms with E-state index in [-0.39, 0.29) is 6.42 Å². The van der Waals surface area contributed by atoms with Gasteiger partial charge in [-0.1, -0.05) is 35.9 Å². The molecular formula is C17H15ClN2O3S. The number of imidazole rings is 1. The SMILES string of the molecule is O=C(O)CC1Cn2c(nc3ccccc32)S1(O)c1ccccc1Cl. The molecule has 5 nitrogen and oxygen atoms in total. The lowest BCUT2D eigenvalue weighted by Crippen LogP contribution is -2.20. The van der Waals surface area contributed by atoms with E-state index in [0.29, 0.717) is 21.6 Å². The van der Waals surface area contributed by atoms with E-state index in [9.17, 15) is 14.5 Å². The predicted molar refractivity (Wildman–Crippen MR) is 94.0 cm³/mol. The molecule has 2 N–H and O–H groups in total. The first-order chi connectivity index (χ1) is 11.5. The van der Waals surface area contributed by atoms with Crippen LogP contribution in [0.3, 0.4) is 0 Å². The molecule has 0 aliphatic carbocycles. The van der Waals surface area contributed by atoms with Gasteiger partial charge in [-0.15, -0.1) is 0 Å². The second-order valence-corrected chi connectivity index (χ2v) is 8.90. The fourth-order valence-electron chi connectivity index (χ4n) is 3.28. The second kappa shape index (κ2) is 5.51. The van der Waals surface area contributed by atoms with Crippen LogP contribution in [0.5, 0.6) is 0 Å². The summed E-state index contributed by atoms with van der Waals surface area (Å²) in [5.74, 6) is -0.937. The quantitative estimate of drug-likeness (QED) is 0.730. The first-order valence-electron chi connectivity index (χ1n) is 7.48. The average Bonchev–Trinajstić information content (AvgIpc) is 3.04. The standard InChI is InChI=1S/C17H15ClN2O3S/c18-12-5-1-4-8-15(12)24(23)11(9-16(21)22)10-20-14-7-3-2-6-13(14)19-17(20)24/h1-8,11,23H,9-10H2,(H,21,22). The molecule has 0 fully saturated rings. The van der Waals surface area contributed by atoms with Crippen molar-refractivity contribution in [3.63, 3.8) is 0 Å². The largest absolute Gasteiger partial charge is 0.481 e. The van der Waals surface area contributed by atoms with Gasteiger partial charge in [-0.2, -0.15) is 0 Å². The Kier molecular flexibility index (Phi) is 3.56. The molecule has 2 atom stereocenters. The molecule has 0 bridgehead atoms. The lowest BCUT2D eigenvalue weighted by Gasteiger charge is -2.34. The highest BCUT2D eigenvalue weighted by Crippen LogP contribution is 2.68. The van der Waals surface area contributed by atoms with E-state index in [1.54, 1.807) is 24.3 Å². The summed E-state index contributed by atoms with van der Waals surface area (Å²) in [6.07, 6.45) is -0.130. The third kappa shape index (κ3) is 2.14. The number of hydrogen-bond donors (Lipinski definition) is 2. The van der Waals surface area contributed by atoms with Gasteiger partial charge in [0, 0.05) is 16.7 Å². The molecule has 2 heterocycles. The Morgan fingerprint density at radius 3 is 2.71 bits per heavy atom. The number of benzene rings is 2. The van der Waals surface area contributed by atoms with E-state index in [2.05, 4.69) is 4.98 Å². The van der Waals surface area contributed by atoms with Gasteiger partial charge in [0.25, 0.3) is 0 Å². The fraction of sp³-hybridized carbons (Fsp3) is 0.176. The summed E-state index contributed by atoms with van der Waals surface area (Å²) in [5, 5.41) is 9.80. The van der Waals surface area contributed by atoms with Gasteiger partial charge in [-0.3, -0.25) is 4.79 Å². The second-order valence-electron chi connectivity index (χ2n) is 5.77. The van der Waals surface area contributed by atoms with E-state index in [1.807, 2.05) is 28.8 Å². The highest BCUT2D eigenvalue weighted by atomic mass is 35.5. The number of aliphatic carboxylic acids is 1. The Morgan fingerprint density at radius 1 is 1.25 bits per heavy atom. The molecule has 0 saturated carbocycles. The van der Waals surface area contributed by atoms with Gasteiger partial charge in [0.05, 0.1) is 22.5 Å². The summed E-state index contributed by atoms with van der Waals surface area (Å²) in [6, 6.07) is 14.7. The number of para-hydroxylation sites is 2. The Balaban J connectivity index is 1.97. The van der Waals surface area contributed by atoms with Crippen molar-refractivity contribution >= 4 is 38.9 Å². The maximum atomic E-state index is 11.7. The highest BCUT2D eigenvalue weighted by Gasteiger charge is 2.47. The van der Waals surface area contributed by atoms with Crippen molar-refractivity contribution in [2.45, 2.75) is 28.3 Å². The summed E-state index contributed by atoms with van der Waals surface area (Å²) in [7, 11) is -2.63. The van der Waals surface area contributed by atoms with Crippen LogP contribution < -0.4 is 0 Å². The van der Waals surface area contributed by atoms with Crippen molar-refractivity contribution in [1.82, 2.24) is 9.55 Å². The van der Waals surface area contributed by atoms with Crippen molar-refractivity contribution < 1.29 is 14.5 Å². The minimum Gasteiger partial charge on any atom is -0.481 e. The summed E-state index contributed by atoms with van der Waals surface area (Å²) in [6.45, 7) is 0.416. The van der Waals surface area contributed by atoms with Crippen LogP contribution >= 0.6 is 21.9 Å². The summed E-state index contributed by atoms with van der Waals surface area (Å²) in [5.41, 5.74) is 1.69. The number of carboxylic acids is 1. The van der Waals surface area contributed by atoms with Crippen LogP contribution in [0.25, 0.3) is 11.0 Å². The molecule has 1 aromatic heterocycles. The number of carboxylic acid groups (broad SMARTS) is 1. The zero-order valence-corrected chi connectivity index (χ0v) is 14.2. The molecule has 4 rings (SSSR count). The van der Waals surface area contributed by atoms with Gasteiger partial charge < -0.3 is 14.2 Å². The van der Waals surface area contributed by atoms with Gasteiger partial charge in [-0.05, 0) is 34.6 Å².